The Kier molecular flexibility index (Phi) is 3.81. The Balaban J connectivity index is 2.07. The maximum Gasteiger partial charge on any atom is 0.120 e. The Bertz CT molecular complexity index is 339. The van der Waals surface area contributed by atoms with Crippen LogP contribution in [0.5, 0.6) is 5.75 Å². The number of anilines is 1. The molecule has 1 heterocycles. The first-order chi connectivity index (χ1) is 7.29. The minimum absolute atomic E-state index is 0.611. The number of hydrogen-bond acceptors (Lipinski definition) is 3. The van der Waals surface area contributed by atoms with Gasteiger partial charge in [-0.15, -0.1) is 0 Å². The van der Waals surface area contributed by atoms with Crippen molar-refractivity contribution in [3.8, 4) is 5.75 Å². The molecule has 1 fully saturated rings. The average Bonchev–Trinajstić information content (AvgIpc) is 2.74. The first-order valence-corrected chi connectivity index (χ1v) is 6.92. The second-order valence-corrected chi connectivity index (χ2v) is 5.55. The number of rotatable bonds is 3. The van der Waals surface area contributed by atoms with Crippen LogP contribution in [0.25, 0.3) is 0 Å². The molecule has 15 heavy (non-hydrogen) atoms. The largest absolute Gasteiger partial charge is 0.497 e. The average molecular weight is 288 g/mol. The summed E-state index contributed by atoms with van der Waals surface area (Å²) in [6, 6.07) is 6.64. The number of halogens is 1. The summed E-state index contributed by atoms with van der Waals surface area (Å²) >= 11 is 5.56. The van der Waals surface area contributed by atoms with E-state index in [1.165, 1.54) is 17.9 Å². The van der Waals surface area contributed by atoms with Gasteiger partial charge in [0.2, 0.25) is 0 Å². The molecule has 0 saturated carbocycles. The molecule has 0 spiro atoms. The summed E-state index contributed by atoms with van der Waals surface area (Å²) in [5.74, 6) is 3.36. The summed E-state index contributed by atoms with van der Waals surface area (Å²) in [5.41, 5.74) is 1.16. The van der Waals surface area contributed by atoms with E-state index in [9.17, 15) is 0 Å². The fraction of sp³-hybridized carbons (Fsp3) is 0.455. The van der Waals surface area contributed by atoms with Gasteiger partial charge in [0.05, 0.1) is 7.11 Å². The van der Waals surface area contributed by atoms with E-state index in [0.29, 0.717) is 6.04 Å². The number of benzene rings is 1. The molecule has 1 atom stereocenters. The first-order valence-electron chi connectivity index (χ1n) is 4.97. The Morgan fingerprint density at radius 2 is 2.40 bits per heavy atom. The number of hydrogen-bond donors (Lipinski definition) is 1. The summed E-state index contributed by atoms with van der Waals surface area (Å²) < 4.78 is 6.23. The lowest BCUT2D eigenvalue weighted by Crippen LogP contribution is -2.18. The van der Waals surface area contributed by atoms with Crippen LogP contribution in [0.15, 0.2) is 22.7 Å². The number of ether oxygens (including phenoxy) is 1. The van der Waals surface area contributed by atoms with Crippen molar-refractivity contribution >= 4 is 33.4 Å². The number of nitrogens with one attached hydrogen (secondary N) is 1. The first kappa shape index (κ1) is 11.1. The Morgan fingerprint density at radius 3 is 3.00 bits per heavy atom. The third kappa shape index (κ3) is 2.82. The van der Waals surface area contributed by atoms with Gasteiger partial charge in [-0.2, -0.15) is 11.8 Å². The third-order valence-electron chi connectivity index (χ3n) is 2.47. The van der Waals surface area contributed by atoms with Gasteiger partial charge in [-0.3, -0.25) is 0 Å². The van der Waals surface area contributed by atoms with Crippen molar-refractivity contribution in [3.63, 3.8) is 0 Å². The van der Waals surface area contributed by atoms with Gasteiger partial charge in [-0.25, -0.2) is 0 Å². The lowest BCUT2D eigenvalue weighted by Gasteiger charge is -2.14. The van der Waals surface area contributed by atoms with E-state index >= 15 is 0 Å². The predicted octanol–water partition coefficient (Wildman–Crippen LogP) is 3.38. The summed E-state index contributed by atoms with van der Waals surface area (Å²) in [6.45, 7) is 0. The maximum absolute atomic E-state index is 5.16. The fourth-order valence-electron chi connectivity index (χ4n) is 1.61. The van der Waals surface area contributed by atoms with Gasteiger partial charge in [0.25, 0.3) is 0 Å². The predicted molar refractivity (Wildman–Crippen MR) is 70.0 cm³/mol. The molecule has 0 radical (unpaired) electrons. The van der Waals surface area contributed by atoms with Crippen molar-refractivity contribution in [3.05, 3.63) is 22.7 Å². The SMILES string of the molecule is COc1ccc(NC2CCSC2)c(Br)c1. The Hall–Kier alpha value is -0.350. The Labute approximate surface area is 103 Å². The van der Waals surface area contributed by atoms with Crippen LogP contribution in [-0.2, 0) is 0 Å². The highest BCUT2D eigenvalue weighted by atomic mass is 79.9. The normalized spacial score (nSPS) is 20.3. The molecule has 0 aromatic heterocycles. The molecule has 0 bridgehead atoms. The van der Waals surface area contributed by atoms with Crippen LogP contribution in [-0.4, -0.2) is 24.7 Å². The molecular weight excluding hydrogens is 274 g/mol. The van der Waals surface area contributed by atoms with Crippen LogP contribution in [0, 0.1) is 0 Å². The molecular formula is C11H14BrNOS. The minimum atomic E-state index is 0.611. The van der Waals surface area contributed by atoms with Crippen molar-refractivity contribution in [2.75, 3.05) is 23.9 Å². The minimum Gasteiger partial charge on any atom is -0.497 e. The van der Waals surface area contributed by atoms with Crippen LogP contribution >= 0.6 is 27.7 Å². The highest BCUT2D eigenvalue weighted by molar-refractivity contribution is 9.10. The molecule has 1 saturated heterocycles. The van der Waals surface area contributed by atoms with Crippen LogP contribution in [0.1, 0.15) is 6.42 Å². The maximum atomic E-state index is 5.16. The van der Waals surface area contributed by atoms with Crippen molar-refractivity contribution in [2.45, 2.75) is 12.5 Å². The highest BCUT2D eigenvalue weighted by Crippen LogP contribution is 2.29. The second kappa shape index (κ2) is 5.12. The van der Waals surface area contributed by atoms with E-state index in [0.717, 1.165) is 15.9 Å². The van der Waals surface area contributed by atoms with Crippen molar-refractivity contribution in [1.82, 2.24) is 0 Å². The zero-order valence-electron chi connectivity index (χ0n) is 8.63. The molecule has 2 rings (SSSR count). The molecule has 2 nitrogen and oxygen atoms in total. The molecule has 1 aliphatic rings. The third-order valence-corrected chi connectivity index (χ3v) is 4.28. The van der Waals surface area contributed by atoms with E-state index in [1.807, 2.05) is 23.9 Å². The molecule has 0 amide bonds. The molecule has 1 aromatic rings. The summed E-state index contributed by atoms with van der Waals surface area (Å²) in [4.78, 5) is 0. The van der Waals surface area contributed by atoms with E-state index in [2.05, 4.69) is 27.3 Å². The van der Waals surface area contributed by atoms with Gasteiger partial charge >= 0.3 is 0 Å². The van der Waals surface area contributed by atoms with Gasteiger partial charge in [-0.05, 0) is 46.3 Å². The molecule has 1 N–H and O–H groups in total. The van der Waals surface area contributed by atoms with E-state index in [4.69, 9.17) is 4.74 Å². The van der Waals surface area contributed by atoms with E-state index in [-0.39, 0.29) is 0 Å². The molecule has 1 unspecified atom stereocenters. The van der Waals surface area contributed by atoms with E-state index in [1.54, 1.807) is 7.11 Å². The van der Waals surface area contributed by atoms with Crippen LogP contribution in [0.3, 0.4) is 0 Å². The fourth-order valence-corrected chi connectivity index (χ4v) is 3.23. The Morgan fingerprint density at radius 1 is 1.53 bits per heavy atom. The van der Waals surface area contributed by atoms with Gasteiger partial charge in [0.1, 0.15) is 5.75 Å². The number of methoxy groups -OCH3 is 1. The van der Waals surface area contributed by atoms with E-state index < -0.39 is 0 Å². The van der Waals surface area contributed by atoms with Gasteiger partial charge in [-0.1, -0.05) is 0 Å². The summed E-state index contributed by atoms with van der Waals surface area (Å²) in [6.07, 6.45) is 1.25. The molecule has 0 aliphatic carbocycles. The smallest absolute Gasteiger partial charge is 0.120 e. The zero-order chi connectivity index (χ0) is 10.7. The van der Waals surface area contributed by atoms with Crippen molar-refractivity contribution in [1.29, 1.82) is 0 Å². The number of thioether (sulfide) groups is 1. The highest BCUT2D eigenvalue weighted by Gasteiger charge is 2.15. The second-order valence-electron chi connectivity index (χ2n) is 3.55. The van der Waals surface area contributed by atoms with Gasteiger partial charge < -0.3 is 10.1 Å². The van der Waals surface area contributed by atoms with Gasteiger partial charge in [0, 0.05) is 22.0 Å². The van der Waals surface area contributed by atoms with Crippen molar-refractivity contribution < 1.29 is 4.74 Å². The standard InChI is InChI=1S/C11H14BrNOS/c1-14-9-2-3-11(10(12)6-9)13-8-4-5-15-7-8/h2-3,6,8,13H,4-5,7H2,1H3. The summed E-state index contributed by atoms with van der Waals surface area (Å²) in [7, 11) is 1.68. The molecule has 4 heteroatoms. The molecule has 82 valence electrons. The lowest BCUT2D eigenvalue weighted by atomic mass is 10.2. The van der Waals surface area contributed by atoms with Crippen LogP contribution in [0.4, 0.5) is 5.69 Å². The van der Waals surface area contributed by atoms with Gasteiger partial charge in [0.15, 0.2) is 0 Å². The quantitative estimate of drug-likeness (QED) is 0.921. The lowest BCUT2D eigenvalue weighted by molar-refractivity contribution is 0.414. The summed E-state index contributed by atoms with van der Waals surface area (Å²) in [5, 5.41) is 3.54. The van der Waals surface area contributed by atoms with Crippen molar-refractivity contribution in [2.24, 2.45) is 0 Å². The monoisotopic (exact) mass is 287 g/mol. The zero-order valence-corrected chi connectivity index (χ0v) is 11.0. The van der Waals surface area contributed by atoms with Crippen LogP contribution < -0.4 is 10.1 Å². The topological polar surface area (TPSA) is 21.3 Å². The van der Waals surface area contributed by atoms with Crippen LogP contribution in [0.2, 0.25) is 0 Å². The molecule has 1 aromatic carbocycles. The molecule has 1 aliphatic heterocycles.